The Morgan fingerprint density at radius 2 is 2.00 bits per heavy atom. The molecule has 0 spiro atoms. The molecule has 0 aliphatic heterocycles. The number of carbonyl (C=O) groups is 1. The minimum atomic E-state index is 0.0569. The summed E-state index contributed by atoms with van der Waals surface area (Å²) < 4.78 is 0.294. The van der Waals surface area contributed by atoms with Gasteiger partial charge >= 0.3 is 6.03 Å². The maximum absolute atomic E-state index is 11.7. The quantitative estimate of drug-likeness (QED) is 0.824. The molecule has 0 aromatic rings. The molecule has 2 amide bonds. The number of thioether (sulfide) groups is 1. The molecule has 4 heteroatoms. The molecule has 0 heterocycles. The van der Waals surface area contributed by atoms with E-state index in [1.807, 2.05) is 25.7 Å². The van der Waals surface area contributed by atoms with E-state index in [0.717, 1.165) is 13.1 Å². The van der Waals surface area contributed by atoms with Gasteiger partial charge in [0.1, 0.15) is 0 Å². The van der Waals surface area contributed by atoms with Crippen LogP contribution in [0.15, 0.2) is 0 Å². The lowest BCUT2D eigenvalue weighted by Gasteiger charge is -2.36. The Kier molecular flexibility index (Phi) is 5.46. The number of hydrogen-bond acceptors (Lipinski definition) is 2. The van der Waals surface area contributed by atoms with E-state index < -0.39 is 0 Å². The molecular formula is C12H24N2OS. The zero-order chi connectivity index (χ0) is 12.0. The van der Waals surface area contributed by atoms with E-state index in [9.17, 15) is 4.79 Å². The molecule has 94 valence electrons. The number of urea groups is 1. The third kappa shape index (κ3) is 3.58. The molecule has 1 saturated carbocycles. The Morgan fingerprint density at radius 3 is 2.50 bits per heavy atom. The van der Waals surface area contributed by atoms with Gasteiger partial charge in [0, 0.05) is 24.9 Å². The third-order valence-corrected chi connectivity index (χ3v) is 5.00. The molecule has 1 aliphatic carbocycles. The predicted molar refractivity (Wildman–Crippen MR) is 71.0 cm³/mol. The van der Waals surface area contributed by atoms with Crippen molar-refractivity contribution in [1.29, 1.82) is 0 Å². The minimum absolute atomic E-state index is 0.0569. The van der Waals surface area contributed by atoms with Gasteiger partial charge in [0.25, 0.3) is 0 Å². The molecule has 1 rings (SSSR count). The van der Waals surface area contributed by atoms with Crippen LogP contribution in [-0.2, 0) is 0 Å². The number of nitrogens with zero attached hydrogens (tertiary/aromatic N) is 1. The van der Waals surface area contributed by atoms with E-state index in [2.05, 4.69) is 11.6 Å². The van der Waals surface area contributed by atoms with Crippen LogP contribution in [0.4, 0.5) is 4.79 Å². The fraction of sp³-hybridized carbons (Fsp3) is 0.917. The minimum Gasteiger partial charge on any atom is -0.337 e. The number of amides is 2. The average Bonchev–Trinajstić information content (AvgIpc) is 2.36. The molecule has 0 unspecified atom stereocenters. The lowest BCUT2D eigenvalue weighted by atomic mass is 9.88. The van der Waals surface area contributed by atoms with Crippen LogP contribution in [-0.4, -0.2) is 42.1 Å². The summed E-state index contributed by atoms with van der Waals surface area (Å²) in [5, 5.41) is 3.06. The van der Waals surface area contributed by atoms with Gasteiger partial charge in [-0.05, 0) is 26.0 Å². The second kappa shape index (κ2) is 6.38. The van der Waals surface area contributed by atoms with E-state index in [1.54, 1.807) is 4.90 Å². The zero-order valence-electron chi connectivity index (χ0n) is 10.7. The van der Waals surface area contributed by atoms with E-state index in [1.165, 1.54) is 32.1 Å². The summed E-state index contributed by atoms with van der Waals surface area (Å²) >= 11 is 1.92. The number of rotatable bonds is 4. The Balaban J connectivity index is 2.41. The first kappa shape index (κ1) is 13.7. The fourth-order valence-corrected chi connectivity index (χ4v) is 3.08. The van der Waals surface area contributed by atoms with Crippen LogP contribution in [0.25, 0.3) is 0 Å². The van der Waals surface area contributed by atoms with Crippen LogP contribution in [0.1, 0.15) is 39.0 Å². The number of hydrogen-bond donors (Lipinski definition) is 1. The highest BCUT2D eigenvalue weighted by molar-refractivity contribution is 8.00. The largest absolute Gasteiger partial charge is 0.337 e. The summed E-state index contributed by atoms with van der Waals surface area (Å²) in [4.78, 5) is 13.4. The highest BCUT2D eigenvalue weighted by atomic mass is 32.2. The van der Waals surface area contributed by atoms with Gasteiger partial charge in [-0.1, -0.05) is 19.3 Å². The van der Waals surface area contributed by atoms with Gasteiger partial charge in [-0.2, -0.15) is 11.8 Å². The van der Waals surface area contributed by atoms with E-state index in [0.29, 0.717) is 4.75 Å². The maximum atomic E-state index is 11.7. The van der Waals surface area contributed by atoms with Crippen molar-refractivity contribution in [3.8, 4) is 0 Å². The van der Waals surface area contributed by atoms with E-state index in [4.69, 9.17) is 0 Å². The number of nitrogens with one attached hydrogen (secondary N) is 1. The van der Waals surface area contributed by atoms with Crippen molar-refractivity contribution in [3.63, 3.8) is 0 Å². The molecule has 0 bridgehead atoms. The second-order valence-corrected chi connectivity index (χ2v) is 5.89. The van der Waals surface area contributed by atoms with Crippen LogP contribution < -0.4 is 5.32 Å². The molecular weight excluding hydrogens is 220 g/mol. The first-order valence-electron chi connectivity index (χ1n) is 6.17. The highest BCUT2D eigenvalue weighted by Crippen LogP contribution is 2.37. The highest BCUT2D eigenvalue weighted by Gasteiger charge is 2.31. The second-order valence-electron chi connectivity index (χ2n) is 4.62. The van der Waals surface area contributed by atoms with Crippen LogP contribution in [0.3, 0.4) is 0 Å². The van der Waals surface area contributed by atoms with Crippen molar-refractivity contribution in [3.05, 3.63) is 0 Å². The third-order valence-electron chi connectivity index (χ3n) is 3.58. The van der Waals surface area contributed by atoms with Gasteiger partial charge in [0.2, 0.25) is 0 Å². The molecule has 0 atom stereocenters. The van der Waals surface area contributed by atoms with Gasteiger partial charge in [-0.3, -0.25) is 0 Å². The summed E-state index contributed by atoms with van der Waals surface area (Å²) in [7, 11) is 1.84. The summed E-state index contributed by atoms with van der Waals surface area (Å²) in [6.07, 6.45) is 8.61. The molecule has 0 saturated heterocycles. The first-order chi connectivity index (χ1) is 7.63. The number of carbonyl (C=O) groups excluding carboxylic acids is 1. The van der Waals surface area contributed by atoms with Gasteiger partial charge < -0.3 is 10.2 Å². The van der Waals surface area contributed by atoms with Crippen LogP contribution in [0.2, 0.25) is 0 Å². The summed E-state index contributed by atoms with van der Waals surface area (Å²) in [6, 6.07) is 0.0569. The van der Waals surface area contributed by atoms with Gasteiger partial charge in [-0.15, -0.1) is 0 Å². The standard InChI is InChI=1S/C12H24N2OS/c1-4-14(2)11(15)13-10-12(16-3)8-6-5-7-9-12/h4-10H2,1-3H3,(H,13,15). The van der Waals surface area contributed by atoms with Crippen molar-refractivity contribution < 1.29 is 4.79 Å². The van der Waals surface area contributed by atoms with Crippen LogP contribution in [0, 0.1) is 0 Å². The Labute approximate surface area is 103 Å². The summed E-state index contributed by atoms with van der Waals surface area (Å²) in [5.74, 6) is 0. The summed E-state index contributed by atoms with van der Waals surface area (Å²) in [5.41, 5.74) is 0. The van der Waals surface area contributed by atoms with Gasteiger partial charge in [0.15, 0.2) is 0 Å². The lowest BCUT2D eigenvalue weighted by molar-refractivity contribution is 0.208. The molecule has 0 radical (unpaired) electrons. The van der Waals surface area contributed by atoms with Crippen molar-refractivity contribution >= 4 is 17.8 Å². The van der Waals surface area contributed by atoms with E-state index in [-0.39, 0.29) is 6.03 Å². The smallest absolute Gasteiger partial charge is 0.317 e. The zero-order valence-corrected chi connectivity index (χ0v) is 11.5. The Hall–Kier alpha value is -0.380. The Bertz CT molecular complexity index is 227. The molecule has 1 aliphatic rings. The van der Waals surface area contributed by atoms with Crippen molar-refractivity contribution in [2.24, 2.45) is 0 Å². The SMILES string of the molecule is CCN(C)C(=O)NCC1(SC)CCCCC1. The summed E-state index contributed by atoms with van der Waals surface area (Å²) in [6.45, 7) is 3.57. The first-order valence-corrected chi connectivity index (χ1v) is 7.40. The molecule has 1 fully saturated rings. The van der Waals surface area contributed by atoms with Crippen LogP contribution >= 0.6 is 11.8 Å². The van der Waals surface area contributed by atoms with Crippen LogP contribution in [0.5, 0.6) is 0 Å². The van der Waals surface area contributed by atoms with Crippen molar-refractivity contribution in [1.82, 2.24) is 10.2 Å². The van der Waals surface area contributed by atoms with E-state index >= 15 is 0 Å². The fourth-order valence-electron chi connectivity index (χ4n) is 2.16. The molecule has 1 N–H and O–H groups in total. The normalized spacial score (nSPS) is 19.2. The monoisotopic (exact) mass is 244 g/mol. The average molecular weight is 244 g/mol. The lowest BCUT2D eigenvalue weighted by Crippen LogP contribution is -2.46. The van der Waals surface area contributed by atoms with Crippen molar-refractivity contribution in [2.75, 3.05) is 26.4 Å². The Morgan fingerprint density at radius 1 is 1.38 bits per heavy atom. The topological polar surface area (TPSA) is 32.3 Å². The molecule has 0 aromatic carbocycles. The molecule has 16 heavy (non-hydrogen) atoms. The molecule has 0 aromatic heterocycles. The predicted octanol–water partition coefficient (Wildman–Crippen LogP) is 2.71. The van der Waals surface area contributed by atoms with Gasteiger partial charge in [-0.25, -0.2) is 4.79 Å². The molecule has 3 nitrogen and oxygen atoms in total. The maximum Gasteiger partial charge on any atom is 0.317 e. The van der Waals surface area contributed by atoms with Gasteiger partial charge in [0.05, 0.1) is 0 Å². The van der Waals surface area contributed by atoms with Crippen molar-refractivity contribution in [2.45, 2.75) is 43.8 Å².